The molecule has 0 aliphatic carbocycles. The van der Waals surface area contributed by atoms with Crippen LogP contribution in [0.1, 0.15) is 41.0 Å². The topological polar surface area (TPSA) is 88.9 Å². The number of aromatic nitrogens is 3. The molecule has 3 aromatic rings. The van der Waals surface area contributed by atoms with E-state index in [2.05, 4.69) is 26.8 Å². The van der Waals surface area contributed by atoms with Gasteiger partial charge in [-0.05, 0) is 30.5 Å². The largest absolute Gasteiger partial charge is 0.323 e. The zero-order valence-corrected chi connectivity index (χ0v) is 16.9. The number of rotatable bonds is 8. The van der Waals surface area contributed by atoms with Gasteiger partial charge in [-0.3, -0.25) is 9.59 Å². The maximum atomic E-state index is 12.4. The van der Waals surface area contributed by atoms with Crippen molar-refractivity contribution in [3.8, 4) is 5.69 Å². The van der Waals surface area contributed by atoms with Crippen molar-refractivity contribution >= 4 is 17.4 Å². The van der Waals surface area contributed by atoms with Gasteiger partial charge in [0, 0.05) is 19.7 Å². The molecule has 0 fully saturated rings. The molecule has 1 aromatic carbocycles. The molecule has 29 heavy (non-hydrogen) atoms. The Hall–Kier alpha value is -3.32. The molecule has 7 nitrogen and oxygen atoms in total. The van der Waals surface area contributed by atoms with Gasteiger partial charge in [0.2, 0.25) is 5.91 Å². The summed E-state index contributed by atoms with van der Waals surface area (Å²) < 4.78 is 1.68. The first-order chi connectivity index (χ1) is 14.0. The van der Waals surface area contributed by atoms with Crippen LogP contribution in [0.25, 0.3) is 5.69 Å². The zero-order chi connectivity index (χ0) is 20.8. The molecule has 0 saturated heterocycles. The second-order valence-electron chi connectivity index (χ2n) is 6.93. The van der Waals surface area contributed by atoms with Crippen molar-refractivity contribution < 1.29 is 9.59 Å². The van der Waals surface area contributed by atoms with E-state index in [-0.39, 0.29) is 23.9 Å². The number of aryl methyl sites for hydroxylation is 2. The number of hydrogen-bond acceptors (Lipinski definition) is 5. The lowest BCUT2D eigenvalue weighted by molar-refractivity contribution is -0.115. The quantitative estimate of drug-likeness (QED) is 0.576. The summed E-state index contributed by atoms with van der Waals surface area (Å²) in [6.07, 6.45) is 6.13. The van der Waals surface area contributed by atoms with E-state index in [1.54, 1.807) is 23.1 Å². The molecule has 0 aliphatic rings. The number of carbonyl (C=O) groups excluding carboxylic acids is 2. The predicted octanol–water partition coefficient (Wildman–Crippen LogP) is 3.07. The number of anilines is 1. The van der Waals surface area contributed by atoms with Gasteiger partial charge in [0.1, 0.15) is 5.69 Å². The Kier molecular flexibility index (Phi) is 6.51. The van der Waals surface area contributed by atoms with E-state index in [1.807, 2.05) is 38.2 Å². The standard InChI is InChI=1S/C22H25N5O2/c1-4-17-11-25-27(14-17)19-9-20(22(16(3)28)24-12-19)26-21(29)13-23-10-18-7-5-6-15(2)8-18/h5-9,11-12,14,23H,4,10,13H2,1-3H3,(H,26,29). The van der Waals surface area contributed by atoms with Crippen molar-refractivity contribution in [1.29, 1.82) is 0 Å². The number of benzene rings is 1. The minimum atomic E-state index is -0.242. The molecule has 150 valence electrons. The number of hydrogen-bond donors (Lipinski definition) is 2. The van der Waals surface area contributed by atoms with Crippen LogP contribution in [-0.2, 0) is 17.8 Å². The first-order valence-electron chi connectivity index (χ1n) is 9.57. The number of pyridine rings is 1. The van der Waals surface area contributed by atoms with Crippen LogP contribution < -0.4 is 10.6 Å². The third-order valence-electron chi connectivity index (χ3n) is 4.49. The summed E-state index contributed by atoms with van der Waals surface area (Å²) >= 11 is 0. The molecular formula is C22H25N5O2. The highest BCUT2D eigenvalue weighted by Crippen LogP contribution is 2.19. The van der Waals surface area contributed by atoms with Gasteiger partial charge in [-0.25, -0.2) is 9.67 Å². The summed E-state index contributed by atoms with van der Waals surface area (Å²) in [6, 6.07) is 9.81. The summed E-state index contributed by atoms with van der Waals surface area (Å²) in [4.78, 5) is 28.6. The maximum absolute atomic E-state index is 12.4. The second-order valence-corrected chi connectivity index (χ2v) is 6.93. The zero-order valence-electron chi connectivity index (χ0n) is 16.9. The minimum Gasteiger partial charge on any atom is -0.323 e. The lowest BCUT2D eigenvalue weighted by Gasteiger charge is -2.11. The van der Waals surface area contributed by atoms with Gasteiger partial charge in [0.25, 0.3) is 0 Å². The Balaban J connectivity index is 1.69. The Morgan fingerprint density at radius 2 is 1.97 bits per heavy atom. The molecule has 2 N–H and O–H groups in total. The third-order valence-corrected chi connectivity index (χ3v) is 4.49. The molecule has 0 spiro atoms. The van der Waals surface area contributed by atoms with Gasteiger partial charge in [-0.15, -0.1) is 0 Å². The van der Waals surface area contributed by atoms with Gasteiger partial charge >= 0.3 is 0 Å². The van der Waals surface area contributed by atoms with Crippen molar-refractivity contribution in [2.75, 3.05) is 11.9 Å². The molecule has 2 heterocycles. The Labute approximate surface area is 170 Å². The summed E-state index contributed by atoms with van der Waals surface area (Å²) in [5.74, 6) is -0.455. The van der Waals surface area contributed by atoms with E-state index in [0.29, 0.717) is 17.9 Å². The third kappa shape index (κ3) is 5.36. The molecule has 0 atom stereocenters. The van der Waals surface area contributed by atoms with Crippen LogP contribution in [0.15, 0.2) is 48.9 Å². The maximum Gasteiger partial charge on any atom is 0.238 e. The van der Waals surface area contributed by atoms with Crippen LogP contribution in [0.5, 0.6) is 0 Å². The highest BCUT2D eigenvalue weighted by molar-refractivity contribution is 6.02. The van der Waals surface area contributed by atoms with Crippen LogP contribution in [0, 0.1) is 6.92 Å². The summed E-state index contributed by atoms with van der Waals surface area (Å²) in [5.41, 5.74) is 4.66. The Morgan fingerprint density at radius 3 is 2.66 bits per heavy atom. The van der Waals surface area contributed by atoms with Crippen LogP contribution in [-0.4, -0.2) is 33.0 Å². The minimum absolute atomic E-state index is 0.122. The SMILES string of the molecule is CCc1cnn(-c2cnc(C(C)=O)c(NC(=O)CNCc3cccc(C)c3)c2)c1. The fraction of sp³-hybridized carbons (Fsp3) is 0.273. The van der Waals surface area contributed by atoms with Gasteiger partial charge in [-0.1, -0.05) is 36.8 Å². The number of nitrogens with one attached hydrogen (secondary N) is 2. The van der Waals surface area contributed by atoms with E-state index in [4.69, 9.17) is 0 Å². The van der Waals surface area contributed by atoms with Gasteiger partial charge < -0.3 is 10.6 Å². The second kappa shape index (κ2) is 9.25. The predicted molar refractivity (Wildman–Crippen MR) is 112 cm³/mol. The lowest BCUT2D eigenvalue weighted by Crippen LogP contribution is -2.28. The molecule has 3 rings (SSSR count). The van der Waals surface area contributed by atoms with Gasteiger partial charge in [0.15, 0.2) is 5.78 Å². The lowest BCUT2D eigenvalue weighted by atomic mass is 10.1. The summed E-state index contributed by atoms with van der Waals surface area (Å²) in [7, 11) is 0. The van der Waals surface area contributed by atoms with E-state index >= 15 is 0 Å². The number of ketones is 1. The van der Waals surface area contributed by atoms with Crippen molar-refractivity contribution in [1.82, 2.24) is 20.1 Å². The average Bonchev–Trinajstić information content (AvgIpc) is 3.17. The number of amides is 1. The molecule has 0 saturated carbocycles. The first-order valence-corrected chi connectivity index (χ1v) is 9.57. The molecule has 0 bridgehead atoms. The molecule has 0 aliphatic heterocycles. The van der Waals surface area contributed by atoms with Gasteiger partial charge in [0.05, 0.1) is 30.3 Å². The first kappa shape index (κ1) is 20.4. The van der Waals surface area contributed by atoms with E-state index < -0.39 is 0 Å². The van der Waals surface area contributed by atoms with Crippen LogP contribution in [0.3, 0.4) is 0 Å². The Morgan fingerprint density at radius 1 is 1.14 bits per heavy atom. The smallest absolute Gasteiger partial charge is 0.238 e. The molecule has 0 radical (unpaired) electrons. The normalized spacial score (nSPS) is 10.7. The van der Waals surface area contributed by atoms with Crippen LogP contribution >= 0.6 is 0 Å². The van der Waals surface area contributed by atoms with E-state index in [9.17, 15) is 9.59 Å². The molecule has 1 amide bonds. The fourth-order valence-electron chi connectivity index (χ4n) is 2.98. The Bertz CT molecular complexity index is 1030. The monoisotopic (exact) mass is 391 g/mol. The molecule has 0 unspecified atom stereocenters. The van der Waals surface area contributed by atoms with Crippen LogP contribution in [0.4, 0.5) is 5.69 Å². The highest BCUT2D eigenvalue weighted by Gasteiger charge is 2.14. The van der Waals surface area contributed by atoms with Crippen LogP contribution in [0.2, 0.25) is 0 Å². The number of Topliss-reactive ketones (excluding diaryl/α,β-unsaturated/α-hetero) is 1. The van der Waals surface area contributed by atoms with E-state index in [0.717, 1.165) is 17.5 Å². The average molecular weight is 391 g/mol. The summed E-state index contributed by atoms with van der Waals surface area (Å²) in [5, 5.41) is 10.2. The molecular weight excluding hydrogens is 366 g/mol. The van der Waals surface area contributed by atoms with Crippen molar-refractivity contribution in [2.24, 2.45) is 0 Å². The van der Waals surface area contributed by atoms with Crippen molar-refractivity contribution in [3.63, 3.8) is 0 Å². The van der Waals surface area contributed by atoms with E-state index in [1.165, 1.54) is 12.5 Å². The van der Waals surface area contributed by atoms with Gasteiger partial charge in [-0.2, -0.15) is 5.10 Å². The number of nitrogens with zero attached hydrogens (tertiary/aromatic N) is 3. The fourth-order valence-corrected chi connectivity index (χ4v) is 2.98. The van der Waals surface area contributed by atoms with Crippen molar-refractivity contribution in [2.45, 2.75) is 33.7 Å². The summed E-state index contributed by atoms with van der Waals surface area (Å²) in [6.45, 7) is 6.21. The number of carbonyl (C=O) groups is 2. The highest BCUT2D eigenvalue weighted by atomic mass is 16.2. The molecule has 7 heteroatoms. The van der Waals surface area contributed by atoms with Crippen molar-refractivity contribution in [3.05, 3.63) is 71.3 Å². The molecule has 2 aromatic heterocycles.